The summed E-state index contributed by atoms with van der Waals surface area (Å²) in [6.45, 7) is 28.5. The number of nitrogens with zero attached hydrogens (tertiary/aromatic N) is 1. The van der Waals surface area contributed by atoms with E-state index in [9.17, 15) is 9.59 Å². The van der Waals surface area contributed by atoms with E-state index in [2.05, 4.69) is 88.0 Å². The molecular weight excluding hydrogens is 426 g/mol. The number of carbonyl (C=O) groups excluding carboxylic acids is 2. The Morgan fingerprint density at radius 1 is 0.912 bits per heavy atom. The van der Waals surface area contributed by atoms with Crippen molar-refractivity contribution in [2.75, 3.05) is 6.61 Å². The van der Waals surface area contributed by atoms with Gasteiger partial charge in [-0.25, -0.2) is 0 Å². The highest BCUT2D eigenvalue weighted by Crippen LogP contribution is 2.44. The maximum Gasteiger partial charge on any atom is 0.323 e. The largest absolute Gasteiger partial charge is 0.465 e. The molecule has 34 heavy (non-hydrogen) atoms. The third-order valence-electron chi connectivity index (χ3n) is 6.81. The second kappa shape index (κ2) is 11.3. The summed E-state index contributed by atoms with van der Waals surface area (Å²) in [5.74, 6) is 0.173. The summed E-state index contributed by atoms with van der Waals surface area (Å²) in [5, 5.41) is 0. The minimum atomic E-state index is -0.340. The van der Waals surface area contributed by atoms with Gasteiger partial charge in [0.2, 0.25) is 0 Å². The van der Waals surface area contributed by atoms with Gasteiger partial charge < -0.3 is 9.47 Å². The Morgan fingerprint density at radius 2 is 1.38 bits per heavy atom. The van der Waals surface area contributed by atoms with Crippen LogP contribution in [0.25, 0.3) is 0 Å². The van der Waals surface area contributed by atoms with Gasteiger partial charge in [-0.2, -0.15) is 0 Å². The molecule has 0 N–H and O–H groups in total. The molecule has 0 bridgehead atoms. The highest BCUT2D eigenvalue weighted by atomic mass is 16.5. The predicted octanol–water partition coefficient (Wildman–Crippen LogP) is 7.02. The van der Waals surface area contributed by atoms with Gasteiger partial charge >= 0.3 is 11.9 Å². The molecule has 200 valence electrons. The van der Waals surface area contributed by atoms with Crippen LogP contribution in [0.4, 0.5) is 0 Å². The zero-order valence-electron chi connectivity index (χ0n) is 24.6. The fourth-order valence-corrected chi connectivity index (χ4v) is 6.57. The van der Waals surface area contributed by atoms with Crippen molar-refractivity contribution in [2.24, 2.45) is 22.7 Å². The van der Waals surface area contributed by atoms with E-state index in [1.54, 1.807) is 0 Å². The summed E-state index contributed by atoms with van der Waals surface area (Å²) in [6, 6.07) is -0.340. The first kappa shape index (κ1) is 30.9. The monoisotopic (exact) mass is 481 g/mol. The third kappa shape index (κ3) is 9.51. The van der Waals surface area contributed by atoms with Crippen LogP contribution in [-0.2, 0) is 19.1 Å². The van der Waals surface area contributed by atoms with Crippen molar-refractivity contribution in [3.8, 4) is 0 Å². The Balaban J connectivity index is 3.10. The molecule has 0 radical (unpaired) electrons. The summed E-state index contributed by atoms with van der Waals surface area (Å²) in [7, 11) is 0. The zero-order chi connectivity index (χ0) is 26.7. The van der Waals surface area contributed by atoms with Gasteiger partial charge in [0.05, 0.1) is 6.61 Å². The van der Waals surface area contributed by atoms with E-state index < -0.39 is 0 Å². The van der Waals surface area contributed by atoms with E-state index >= 15 is 0 Å². The molecular formula is C29H55NO4. The summed E-state index contributed by atoms with van der Waals surface area (Å²) in [5.41, 5.74) is -0.350. The lowest BCUT2D eigenvalue weighted by Crippen LogP contribution is -2.68. The minimum absolute atomic E-state index is 0.107. The lowest BCUT2D eigenvalue weighted by molar-refractivity contribution is -0.180. The Hall–Kier alpha value is -1.10. The van der Waals surface area contributed by atoms with Crippen LogP contribution in [0.2, 0.25) is 0 Å². The standard InChI is InChI=1S/C29H55NO4/c1-14-33-25(32)24(21(3)17-27(7,8)9)30-28(10,11)18-22(19-29(30,12)13)34-23(31)15-20(2)16-26(4,5)6/h20-22,24H,14-19H2,1-13H3. The molecule has 1 heterocycles. The van der Waals surface area contributed by atoms with Crippen LogP contribution in [0.3, 0.4) is 0 Å². The number of ether oxygens (including phenoxy) is 2. The molecule has 1 aliphatic heterocycles. The molecule has 0 saturated carbocycles. The van der Waals surface area contributed by atoms with Gasteiger partial charge in [-0.1, -0.05) is 55.4 Å². The quantitative estimate of drug-likeness (QED) is 0.331. The Labute approximate surface area is 210 Å². The van der Waals surface area contributed by atoms with Crippen molar-refractivity contribution in [1.29, 1.82) is 0 Å². The molecule has 1 rings (SSSR count). The molecule has 0 aromatic heterocycles. The number of likely N-dealkylation sites (tertiary alicyclic amines) is 1. The first-order valence-corrected chi connectivity index (χ1v) is 13.3. The van der Waals surface area contributed by atoms with Crippen LogP contribution in [0.5, 0.6) is 0 Å². The summed E-state index contributed by atoms with van der Waals surface area (Å²) >= 11 is 0. The molecule has 5 heteroatoms. The maximum absolute atomic E-state index is 13.3. The molecule has 5 nitrogen and oxygen atoms in total. The molecule has 0 amide bonds. The molecule has 0 aromatic carbocycles. The van der Waals surface area contributed by atoms with Crippen molar-refractivity contribution in [3.05, 3.63) is 0 Å². The minimum Gasteiger partial charge on any atom is -0.465 e. The van der Waals surface area contributed by atoms with Crippen molar-refractivity contribution in [2.45, 2.75) is 145 Å². The first-order chi connectivity index (χ1) is 15.2. The molecule has 3 unspecified atom stereocenters. The van der Waals surface area contributed by atoms with Crippen molar-refractivity contribution in [3.63, 3.8) is 0 Å². The van der Waals surface area contributed by atoms with Crippen molar-refractivity contribution >= 4 is 11.9 Å². The highest BCUT2D eigenvalue weighted by molar-refractivity contribution is 5.76. The van der Waals surface area contributed by atoms with Gasteiger partial charge in [-0.15, -0.1) is 0 Å². The Kier molecular flexibility index (Phi) is 10.3. The Morgan fingerprint density at radius 3 is 1.79 bits per heavy atom. The Bertz CT molecular complexity index is 665. The van der Waals surface area contributed by atoms with E-state index in [-0.39, 0.29) is 51.9 Å². The van der Waals surface area contributed by atoms with Gasteiger partial charge in [-0.3, -0.25) is 14.5 Å². The molecule has 1 saturated heterocycles. The van der Waals surface area contributed by atoms with Gasteiger partial charge in [0.15, 0.2) is 0 Å². The zero-order valence-corrected chi connectivity index (χ0v) is 24.6. The summed E-state index contributed by atoms with van der Waals surface area (Å²) in [4.78, 5) is 28.4. The fourth-order valence-electron chi connectivity index (χ4n) is 6.57. The summed E-state index contributed by atoms with van der Waals surface area (Å²) < 4.78 is 11.6. The molecule has 1 fully saturated rings. The number of piperidine rings is 1. The van der Waals surface area contributed by atoms with Crippen LogP contribution in [0, 0.1) is 22.7 Å². The third-order valence-corrected chi connectivity index (χ3v) is 6.81. The average molecular weight is 482 g/mol. The second-order valence-corrected chi connectivity index (χ2v) is 14.5. The van der Waals surface area contributed by atoms with Crippen molar-refractivity contribution in [1.82, 2.24) is 4.90 Å². The fraction of sp³-hybridized carbons (Fsp3) is 0.931. The second-order valence-electron chi connectivity index (χ2n) is 14.5. The van der Waals surface area contributed by atoms with E-state index in [1.165, 1.54) is 0 Å². The molecule has 0 spiro atoms. The van der Waals surface area contributed by atoms with Crippen LogP contribution < -0.4 is 0 Å². The first-order valence-electron chi connectivity index (χ1n) is 13.3. The van der Waals surface area contributed by atoms with E-state index in [0.29, 0.717) is 31.8 Å². The number of hydrogen-bond acceptors (Lipinski definition) is 5. The molecule has 0 aromatic rings. The number of carbonyl (C=O) groups is 2. The molecule has 0 aliphatic carbocycles. The maximum atomic E-state index is 13.3. The van der Waals surface area contributed by atoms with Crippen LogP contribution in [0.1, 0.15) is 122 Å². The lowest BCUT2D eigenvalue weighted by Gasteiger charge is -2.58. The SMILES string of the molecule is CCOC(=O)C(C(C)CC(C)(C)C)N1C(C)(C)CC(OC(=O)CC(C)CC(C)(C)C)CC1(C)C. The van der Waals surface area contributed by atoms with Crippen LogP contribution in [0.15, 0.2) is 0 Å². The van der Waals surface area contributed by atoms with Crippen LogP contribution >= 0.6 is 0 Å². The normalized spacial score (nSPS) is 22.0. The summed E-state index contributed by atoms with van der Waals surface area (Å²) in [6.07, 6.45) is 3.61. The number of esters is 2. The van der Waals surface area contributed by atoms with Crippen LogP contribution in [-0.4, -0.2) is 46.7 Å². The number of rotatable bonds is 9. The van der Waals surface area contributed by atoms with E-state index in [1.807, 2.05) is 6.92 Å². The average Bonchev–Trinajstić information content (AvgIpc) is 2.53. The number of hydrogen-bond donors (Lipinski definition) is 0. The highest BCUT2D eigenvalue weighted by Gasteiger charge is 2.53. The smallest absolute Gasteiger partial charge is 0.323 e. The molecule has 1 aliphatic rings. The topological polar surface area (TPSA) is 55.8 Å². The van der Waals surface area contributed by atoms with Gasteiger partial charge in [0.1, 0.15) is 12.1 Å². The van der Waals surface area contributed by atoms with Gasteiger partial charge in [-0.05, 0) is 70.1 Å². The lowest BCUT2D eigenvalue weighted by atomic mass is 9.73. The van der Waals surface area contributed by atoms with Gasteiger partial charge in [0.25, 0.3) is 0 Å². The van der Waals surface area contributed by atoms with E-state index in [4.69, 9.17) is 9.47 Å². The molecule has 3 atom stereocenters. The van der Waals surface area contributed by atoms with E-state index in [0.717, 1.165) is 12.8 Å². The van der Waals surface area contributed by atoms with Gasteiger partial charge in [0, 0.05) is 30.3 Å². The van der Waals surface area contributed by atoms with Crippen molar-refractivity contribution < 1.29 is 19.1 Å². The predicted molar refractivity (Wildman–Crippen MR) is 141 cm³/mol.